The van der Waals surface area contributed by atoms with Gasteiger partial charge in [-0.3, -0.25) is 0 Å². The van der Waals surface area contributed by atoms with Gasteiger partial charge in [0.15, 0.2) is 0 Å². The average molecular weight is 609 g/mol. The molecule has 7 nitrogen and oxygen atoms in total. The molecule has 4 aromatic rings. The lowest BCUT2D eigenvalue weighted by Crippen LogP contribution is -2.25. The highest BCUT2D eigenvalue weighted by Gasteiger charge is 2.62. The molecule has 0 saturated heterocycles. The van der Waals surface area contributed by atoms with Crippen LogP contribution >= 0.6 is 0 Å². The molecule has 6 rings (SSSR count). The fourth-order valence-electron chi connectivity index (χ4n) is 5.52. The fraction of sp³-hybridized carbons (Fsp3) is 0.312. The lowest BCUT2D eigenvalue weighted by atomic mass is 9.95. The molecule has 1 atom stereocenters. The van der Waals surface area contributed by atoms with Crippen LogP contribution < -0.4 is 14.8 Å². The number of fused-ring (bicyclic) bond motifs is 4. The SMILES string of the molecule is Cc1cccc(C)c1-c1cc2nc(n1)NS(=O)(=O)c1cccc(c1)NC[C@@H](c1ccc(CCC3(C(F)(F)F)CC3)cc1)O2. The Morgan fingerprint density at radius 3 is 2.33 bits per heavy atom. The summed E-state index contributed by atoms with van der Waals surface area (Å²) in [5.41, 5.74) is 3.91. The van der Waals surface area contributed by atoms with E-state index < -0.39 is 27.7 Å². The molecule has 1 saturated carbocycles. The summed E-state index contributed by atoms with van der Waals surface area (Å²) < 4.78 is 75.6. The summed E-state index contributed by atoms with van der Waals surface area (Å²) in [4.78, 5) is 9.01. The first-order chi connectivity index (χ1) is 20.4. The van der Waals surface area contributed by atoms with Gasteiger partial charge in [0, 0.05) is 17.3 Å². The molecule has 0 unspecified atom stereocenters. The maximum atomic E-state index is 13.4. The van der Waals surface area contributed by atoms with E-state index in [1.165, 1.54) is 12.1 Å². The van der Waals surface area contributed by atoms with Crippen molar-refractivity contribution >= 4 is 21.7 Å². The zero-order chi connectivity index (χ0) is 30.4. The first kappa shape index (κ1) is 29.0. The highest BCUT2D eigenvalue weighted by Crippen LogP contribution is 2.60. The van der Waals surface area contributed by atoms with Crippen LogP contribution in [0.1, 0.15) is 47.6 Å². The number of hydrogen-bond donors (Lipinski definition) is 2. The van der Waals surface area contributed by atoms with Crippen LogP contribution in [-0.4, -0.2) is 31.1 Å². The fourth-order valence-corrected chi connectivity index (χ4v) is 6.51. The van der Waals surface area contributed by atoms with Crippen LogP contribution in [0.25, 0.3) is 11.3 Å². The number of aromatic nitrogens is 2. The number of benzene rings is 3. The molecule has 11 heteroatoms. The molecule has 1 aromatic heterocycles. The Bertz CT molecular complexity index is 1750. The molecule has 224 valence electrons. The normalized spacial score (nSPS) is 18.7. The van der Waals surface area contributed by atoms with Crippen molar-refractivity contribution in [1.29, 1.82) is 0 Å². The Morgan fingerprint density at radius 1 is 0.953 bits per heavy atom. The van der Waals surface area contributed by atoms with Crippen molar-refractivity contribution in [2.24, 2.45) is 5.41 Å². The predicted octanol–water partition coefficient (Wildman–Crippen LogP) is 7.38. The molecule has 0 spiro atoms. The third kappa shape index (κ3) is 6.04. The molecular weight excluding hydrogens is 577 g/mol. The van der Waals surface area contributed by atoms with Gasteiger partial charge in [0.05, 0.1) is 22.5 Å². The standard InChI is InChI=1S/C32H31F3N4O3S/c1-20-5-3-6-21(2)29(20)26-18-28-38-30(37-26)39-43(40,41)25-8-4-7-24(17-25)36-19-27(42-28)23-11-9-22(10-12-23)13-14-31(15-16-31)32(33,34)35/h3-12,17-18,27,36H,13-16,19H2,1-2H3,(H,37,38,39)/t27-/m0/s1. The molecule has 1 aliphatic carbocycles. The molecule has 0 amide bonds. The number of nitrogens with one attached hydrogen (secondary N) is 2. The minimum Gasteiger partial charge on any atom is -0.467 e. The van der Waals surface area contributed by atoms with Gasteiger partial charge in [-0.2, -0.15) is 18.2 Å². The van der Waals surface area contributed by atoms with Crippen LogP contribution in [0.15, 0.2) is 77.7 Å². The van der Waals surface area contributed by atoms with Crippen molar-refractivity contribution in [2.75, 3.05) is 16.6 Å². The van der Waals surface area contributed by atoms with Crippen molar-refractivity contribution < 1.29 is 26.3 Å². The molecule has 43 heavy (non-hydrogen) atoms. The van der Waals surface area contributed by atoms with Crippen LogP contribution in [0.5, 0.6) is 5.88 Å². The number of halogens is 3. The Hall–Kier alpha value is -4.12. The Balaban J connectivity index is 1.35. The van der Waals surface area contributed by atoms with Crippen LogP contribution in [0, 0.1) is 19.3 Å². The van der Waals surface area contributed by atoms with Crippen molar-refractivity contribution in [2.45, 2.75) is 56.7 Å². The highest BCUT2D eigenvalue weighted by atomic mass is 32.2. The summed E-state index contributed by atoms with van der Waals surface area (Å²) in [5, 5.41) is 3.26. The topological polar surface area (TPSA) is 93.2 Å². The zero-order valence-electron chi connectivity index (χ0n) is 23.7. The summed E-state index contributed by atoms with van der Waals surface area (Å²) >= 11 is 0. The maximum Gasteiger partial charge on any atom is 0.394 e. The quantitative estimate of drug-likeness (QED) is 0.246. The van der Waals surface area contributed by atoms with E-state index in [-0.39, 0.29) is 42.5 Å². The Labute approximate surface area is 248 Å². The number of nitrogens with zero attached hydrogens (tertiary/aromatic N) is 2. The molecule has 3 aromatic carbocycles. The smallest absolute Gasteiger partial charge is 0.394 e. The van der Waals surface area contributed by atoms with E-state index in [1.54, 1.807) is 18.2 Å². The van der Waals surface area contributed by atoms with E-state index in [4.69, 9.17) is 4.74 Å². The molecule has 1 aliphatic heterocycles. The molecule has 1 fully saturated rings. The zero-order valence-corrected chi connectivity index (χ0v) is 24.5. The molecular formula is C32H31F3N4O3S. The maximum absolute atomic E-state index is 13.4. The van der Waals surface area contributed by atoms with Gasteiger partial charge in [-0.25, -0.2) is 18.1 Å². The van der Waals surface area contributed by atoms with Gasteiger partial charge < -0.3 is 10.1 Å². The van der Waals surface area contributed by atoms with Gasteiger partial charge in [0.2, 0.25) is 11.8 Å². The first-order valence-electron chi connectivity index (χ1n) is 14.1. The first-order valence-corrected chi connectivity index (χ1v) is 15.6. The number of aryl methyl sites for hydroxylation is 3. The number of rotatable bonds is 5. The van der Waals surface area contributed by atoms with E-state index in [0.29, 0.717) is 17.8 Å². The largest absolute Gasteiger partial charge is 0.467 e. The van der Waals surface area contributed by atoms with Crippen LogP contribution in [0.3, 0.4) is 0 Å². The minimum atomic E-state index is -4.17. The van der Waals surface area contributed by atoms with Crippen LogP contribution in [0.2, 0.25) is 0 Å². The van der Waals surface area contributed by atoms with Crippen molar-refractivity contribution in [3.8, 4) is 17.1 Å². The lowest BCUT2D eigenvalue weighted by molar-refractivity contribution is -0.188. The highest BCUT2D eigenvalue weighted by molar-refractivity contribution is 7.92. The summed E-state index contributed by atoms with van der Waals surface area (Å²) in [7, 11) is -4.00. The molecule has 2 heterocycles. The molecule has 2 aliphatic rings. The molecule has 0 radical (unpaired) electrons. The van der Waals surface area contributed by atoms with Gasteiger partial charge in [-0.15, -0.1) is 0 Å². The third-order valence-corrected chi connectivity index (χ3v) is 9.59. The summed E-state index contributed by atoms with van der Waals surface area (Å²) in [5.74, 6) is 0.0492. The second kappa shape index (κ2) is 10.9. The van der Waals surface area contributed by atoms with Crippen LogP contribution in [0.4, 0.5) is 24.8 Å². The monoisotopic (exact) mass is 608 g/mol. The van der Waals surface area contributed by atoms with Gasteiger partial charge >= 0.3 is 6.18 Å². The predicted molar refractivity (Wildman–Crippen MR) is 159 cm³/mol. The van der Waals surface area contributed by atoms with E-state index in [2.05, 4.69) is 20.0 Å². The Morgan fingerprint density at radius 2 is 1.65 bits per heavy atom. The second-order valence-corrected chi connectivity index (χ2v) is 13.0. The second-order valence-electron chi connectivity index (χ2n) is 11.3. The third-order valence-electron chi connectivity index (χ3n) is 8.26. The van der Waals surface area contributed by atoms with Gasteiger partial charge in [0.25, 0.3) is 10.0 Å². The van der Waals surface area contributed by atoms with Crippen molar-refractivity contribution in [3.63, 3.8) is 0 Å². The number of hydrogen-bond acceptors (Lipinski definition) is 6. The van der Waals surface area contributed by atoms with Gasteiger partial charge in [-0.1, -0.05) is 48.5 Å². The summed E-state index contributed by atoms with van der Waals surface area (Å²) in [6.07, 6.45) is -3.93. The lowest BCUT2D eigenvalue weighted by Gasteiger charge is -2.23. The number of anilines is 2. The Kier molecular flexibility index (Phi) is 7.32. The van der Waals surface area contributed by atoms with E-state index >= 15 is 0 Å². The number of alkyl halides is 3. The van der Waals surface area contributed by atoms with Gasteiger partial charge in [0.1, 0.15) is 6.10 Å². The number of ether oxygens (including phenoxy) is 1. The van der Waals surface area contributed by atoms with E-state index in [9.17, 15) is 21.6 Å². The average Bonchev–Trinajstić information content (AvgIpc) is 3.76. The molecule has 2 N–H and O–H groups in total. The molecule has 4 bridgehead atoms. The number of sulfonamides is 1. The van der Waals surface area contributed by atoms with Crippen LogP contribution in [-0.2, 0) is 16.4 Å². The van der Waals surface area contributed by atoms with E-state index in [1.807, 2.05) is 56.3 Å². The van der Waals surface area contributed by atoms with E-state index in [0.717, 1.165) is 27.8 Å². The van der Waals surface area contributed by atoms with Gasteiger partial charge in [-0.05, 0) is 80.0 Å². The summed E-state index contributed by atoms with van der Waals surface area (Å²) in [6, 6.07) is 21.3. The summed E-state index contributed by atoms with van der Waals surface area (Å²) in [6.45, 7) is 4.17. The van der Waals surface area contributed by atoms with Crippen molar-refractivity contribution in [3.05, 3.63) is 95.1 Å². The minimum absolute atomic E-state index is 0.0508. The van der Waals surface area contributed by atoms with Crippen molar-refractivity contribution in [1.82, 2.24) is 9.97 Å².